The van der Waals surface area contributed by atoms with Gasteiger partial charge in [-0.05, 0) is 0 Å². The number of ether oxygens (including phenoxy) is 1. The second kappa shape index (κ2) is 4.16. The fraction of sp³-hybridized carbons (Fsp3) is 0.250. The summed E-state index contributed by atoms with van der Waals surface area (Å²) in [5.74, 6) is -3.26. The maximum absolute atomic E-state index is 12.9. The number of hydrogen-bond donors (Lipinski definition) is 1. The van der Waals surface area contributed by atoms with Crippen LogP contribution in [0.25, 0.3) is 0 Å². The van der Waals surface area contributed by atoms with Crippen molar-refractivity contribution in [1.82, 2.24) is 4.98 Å². The zero-order valence-corrected chi connectivity index (χ0v) is 7.50. The second-order valence-electron chi connectivity index (χ2n) is 2.51. The van der Waals surface area contributed by atoms with Crippen LogP contribution in [0.5, 0.6) is 5.75 Å². The van der Waals surface area contributed by atoms with Crippen molar-refractivity contribution in [1.29, 1.82) is 0 Å². The lowest BCUT2D eigenvalue weighted by atomic mass is 10.2. The third-order valence-electron chi connectivity index (χ3n) is 1.60. The van der Waals surface area contributed by atoms with E-state index >= 15 is 0 Å². The normalized spacial score (nSPS) is 10.5. The van der Waals surface area contributed by atoms with Gasteiger partial charge in [-0.2, -0.15) is 0 Å². The first-order valence-corrected chi connectivity index (χ1v) is 3.73. The molecular weight excluding hydrogens is 215 g/mol. The lowest BCUT2D eigenvalue weighted by molar-refractivity contribution is 0.0684. The van der Waals surface area contributed by atoms with Gasteiger partial charge in [-0.15, -0.1) is 0 Å². The molecule has 1 aromatic rings. The monoisotopic (exact) mass is 221 g/mol. The standard InChI is InChI=1S/C8H6F3NO3/c1-15-4-2-3(9)5(7(10)11)12-6(4)8(13)14/h2,7H,1H3,(H,13,14). The van der Waals surface area contributed by atoms with Crippen molar-refractivity contribution in [3.63, 3.8) is 0 Å². The predicted molar refractivity (Wildman–Crippen MR) is 42.7 cm³/mol. The van der Waals surface area contributed by atoms with E-state index < -0.39 is 35.3 Å². The van der Waals surface area contributed by atoms with Crippen LogP contribution in [0.4, 0.5) is 13.2 Å². The minimum absolute atomic E-state index is 0.399. The van der Waals surface area contributed by atoms with E-state index in [1.54, 1.807) is 0 Å². The first-order chi connectivity index (χ1) is 6.97. The molecule has 0 fully saturated rings. The van der Waals surface area contributed by atoms with E-state index in [1.807, 2.05) is 0 Å². The van der Waals surface area contributed by atoms with E-state index in [4.69, 9.17) is 5.11 Å². The van der Waals surface area contributed by atoms with Crippen LogP contribution in [0.1, 0.15) is 22.6 Å². The number of carboxylic acids is 1. The number of rotatable bonds is 3. The zero-order valence-electron chi connectivity index (χ0n) is 7.50. The molecule has 4 nitrogen and oxygen atoms in total. The van der Waals surface area contributed by atoms with Gasteiger partial charge in [-0.3, -0.25) is 0 Å². The molecule has 0 spiro atoms. The Morgan fingerprint density at radius 2 is 2.20 bits per heavy atom. The molecule has 0 aromatic carbocycles. The highest BCUT2D eigenvalue weighted by molar-refractivity contribution is 5.88. The fourth-order valence-electron chi connectivity index (χ4n) is 0.948. The van der Waals surface area contributed by atoms with Gasteiger partial charge in [0, 0.05) is 6.07 Å². The lowest BCUT2D eigenvalue weighted by Crippen LogP contribution is -2.08. The molecule has 0 aliphatic heterocycles. The molecule has 0 bridgehead atoms. The molecule has 0 atom stereocenters. The summed E-state index contributed by atoms with van der Waals surface area (Å²) in [5, 5.41) is 8.58. The van der Waals surface area contributed by atoms with E-state index in [9.17, 15) is 18.0 Å². The van der Waals surface area contributed by atoms with Gasteiger partial charge in [0.1, 0.15) is 5.69 Å². The number of methoxy groups -OCH3 is 1. The lowest BCUT2D eigenvalue weighted by Gasteiger charge is -2.07. The van der Waals surface area contributed by atoms with Gasteiger partial charge in [0.2, 0.25) is 0 Å². The number of hydrogen-bond acceptors (Lipinski definition) is 3. The first kappa shape index (κ1) is 11.3. The number of pyridine rings is 1. The fourth-order valence-corrected chi connectivity index (χ4v) is 0.948. The van der Waals surface area contributed by atoms with Gasteiger partial charge in [0.15, 0.2) is 17.3 Å². The topological polar surface area (TPSA) is 59.4 Å². The number of nitrogens with zero attached hydrogens (tertiary/aromatic N) is 1. The minimum atomic E-state index is -3.17. The molecule has 1 N–H and O–H groups in total. The van der Waals surface area contributed by atoms with Gasteiger partial charge in [-0.25, -0.2) is 22.9 Å². The molecule has 7 heteroatoms. The number of carboxylic acid groups (broad SMARTS) is 1. The van der Waals surface area contributed by atoms with E-state index in [1.165, 1.54) is 0 Å². The summed E-state index contributed by atoms with van der Waals surface area (Å²) in [7, 11) is 1.09. The molecule has 1 heterocycles. The second-order valence-corrected chi connectivity index (χ2v) is 2.51. The molecule has 1 aromatic heterocycles. The molecule has 0 aliphatic rings. The maximum atomic E-state index is 12.9. The average Bonchev–Trinajstić information content (AvgIpc) is 2.16. The third-order valence-corrected chi connectivity index (χ3v) is 1.60. The highest BCUT2D eigenvalue weighted by Gasteiger charge is 2.22. The van der Waals surface area contributed by atoms with Crippen LogP contribution >= 0.6 is 0 Å². The van der Waals surface area contributed by atoms with E-state index in [2.05, 4.69) is 9.72 Å². The number of alkyl halides is 2. The Bertz CT molecular complexity index is 395. The smallest absolute Gasteiger partial charge is 0.358 e. The summed E-state index contributed by atoms with van der Waals surface area (Å²) in [5.41, 5.74) is -1.94. The molecule has 0 saturated carbocycles. The first-order valence-electron chi connectivity index (χ1n) is 3.73. The van der Waals surface area contributed by atoms with Crippen molar-refractivity contribution in [2.75, 3.05) is 7.11 Å². The molecule has 1 rings (SSSR count). The van der Waals surface area contributed by atoms with E-state index in [0.29, 0.717) is 6.07 Å². The highest BCUT2D eigenvalue weighted by atomic mass is 19.3. The number of halogens is 3. The van der Waals surface area contributed by atoms with E-state index in [-0.39, 0.29) is 0 Å². The van der Waals surface area contributed by atoms with Gasteiger partial charge in [0.05, 0.1) is 7.11 Å². The Morgan fingerprint density at radius 3 is 2.60 bits per heavy atom. The minimum Gasteiger partial charge on any atom is -0.494 e. The Labute approximate surface area is 82.3 Å². The van der Waals surface area contributed by atoms with Crippen LogP contribution in [0, 0.1) is 5.82 Å². The largest absolute Gasteiger partial charge is 0.494 e. The van der Waals surface area contributed by atoms with E-state index in [0.717, 1.165) is 7.11 Å². The van der Waals surface area contributed by atoms with Crippen LogP contribution in [-0.2, 0) is 0 Å². The van der Waals surface area contributed by atoms with Gasteiger partial charge < -0.3 is 9.84 Å². The summed E-state index contributed by atoms with van der Waals surface area (Å²) in [4.78, 5) is 13.5. The van der Waals surface area contributed by atoms with Gasteiger partial charge >= 0.3 is 5.97 Å². The zero-order chi connectivity index (χ0) is 11.6. The Hall–Kier alpha value is -1.79. The van der Waals surface area contributed by atoms with Crippen LogP contribution in [0.15, 0.2) is 6.07 Å². The molecule has 0 amide bonds. The van der Waals surface area contributed by atoms with Gasteiger partial charge in [-0.1, -0.05) is 0 Å². The summed E-state index contributed by atoms with van der Waals surface area (Å²) in [6.07, 6.45) is -3.17. The van der Waals surface area contributed by atoms with Crippen molar-refractivity contribution >= 4 is 5.97 Å². The average molecular weight is 221 g/mol. The molecule has 15 heavy (non-hydrogen) atoms. The molecule has 0 aliphatic carbocycles. The number of aromatic carboxylic acids is 1. The predicted octanol–water partition coefficient (Wildman–Crippen LogP) is 1.87. The highest BCUT2D eigenvalue weighted by Crippen LogP contribution is 2.25. The Kier molecular flexibility index (Phi) is 3.13. The molecular formula is C8H6F3NO3. The number of aromatic nitrogens is 1. The molecule has 82 valence electrons. The molecule has 0 unspecified atom stereocenters. The summed E-state index contributed by atoms with van der Waals surface area (Å²) < 4.78 is 41.8. The molecule has 0 radical (unpaired) electrons. The van der Waals surface area contributed by atoms with Crippen molar-refractivity contribution in [3.8, 4) is 5.75 Å². The van der Waals surface area contributed by atoms with Crippen LogP contribution in [-0.4, -0.2) is 23.2 Å². The maximum Gasteiger partial charge on any atom is 0.358 e. The Morgan fingerprint density at radius 1 is 1.60 bits per heavy atom. The van der Waals surface area contributed by atoms with Crippen molar-refractivity contribution in [2.24, 2.45) is 0 Å². The van der Waals surface area contributed by atoms with Crippen LogP contribution < -0.4 is 4.74 Å². The summed E-state index contributed by atoms with van der Waals surface area (Å²) in [6, 6.07) is 0.567. The quantitative estimate of drug-likeness (QED) is 0.846. The molecule has 0 saturated heterocycles. The van der Waals surface area contributed by atoms with Crippen LogP contribution in [0.3, 0.4) is 0 Å². The number of carbonyl (C=O) groups is 1. The third kappa shape index (κ3) is 2.17. The van der Waals surface area contributed by atoms with Crippen molar-refractivity contribution in [3.05, 3.63) is 23.3 Å². The van der Waals surface area contributed by atoms with Crippen molar-refractivity contribution < 1.29 is 27.8 Å². The summed E-state index contributed by atoms with van der Waals surface area (Å²) in [6.45, 7) is 0. The summed E-state index contributed by atoms with van der Waals surface area (Å²) >= 11 is 0. The SMILES string of the molecule is COc1cc(F)c(C(F)F)nc1C(=O)O. The van der Waals surface area contributed by atoms with Crippen LogP contribution in [0.2, 0.25) is 0 Å². The van der Waals surface area contributed by atoms with Crippen molar-refractivity contribution in [2.45, 2.75) is 6.43 Å². The van der Waals surface area contributed by atoms with Gasteiger partial charge in [0.25, 0.3) is 6.43 Å². The Balaban J connectivity index is 3.37.